The molecule has 1 aliphatic carbocycles. The van der Waals surface area contributed by atoms with E-state index in [1.165, 1.54) is 5.57 Å². The molecule has 26 heavy (non-hydrogen) atoms. The summed E-state index contributed by atoms with van der Waals surface area (Å²) in [6.45, 7) is 25.6. The molecule has 0 aromatic rings. The third-order valence-electron chi connectivity index (χ3n) is 5.52. The van der Waals surface area contributed by atoms with E-state index in [9.17, 15) is 0 Å². The molecule has 0 saturated carbocycles. The number of hydrogen-bond acceptors (Lipinski definition) is 2. The predicted octanol–water partition coefficient (Wildman–Crippen LogP) is 6.19. The SMILES string of the molecule is C=CCO[C@H]1C=C(C)CC[C@@]1(C#C[Si](C)(C)C)CO[Si](C)(C)C(C)(C)C. The first kappa shape index (κ1) is 23.4. The predicted molar refractivity (Wildman–Crippen MR) is 120 cm³/mol. The van der Waals surface area contributed by atoms with Crippen molar-refractivity contribution in [3.63, 3.8) is 0 Å². The van der Waals surface area contributed by atoms with E-state index in [-0.39, 0.29) is 16.6 Å². The molecular weight excluding hydrogens is 352 g/mol. The molecule has 0 fully saturated rings. The second-order valence-electron chi connectivity index (χ2n) is 10.3. The third-order valence-corrected chi connectivity index (χ3v) is 10.9. The van der Waals surface area contributed by atoms with Crippen molar-refractivity contribution < 1.29 is 9.16 Å². The Bertz CT molecular complexity index is 582. The molecule has 1 rings (SSSR count). The second kappa shape index (κ2) is 8.60. The first-order chi connectivity index (χ1) is 11.7. The fourth-order valence-electron chi connectivity index (χ4n) is 2.60. The van der Waals surface area contributed by atoms with Crippen LogP contribution >= 0.6 is 0 Å². The minimum absolute atomic E-state index is 0.0251. The van der Waals surface area contributed by atoms with E-state index >= 15 is 0 Å². The Labute approximate surface area is 164 Å². The molecular formula is C22H40O2Si2. The lowest BCUT2D eigenvalue weighted by molar-refractivity contribution is -0.00377. The highest BCUT2D eigenvalue weighted by Crippen LogP contribution is 2.42. The van der Waals surface area contributed by atoms with Crippen molar-refractivity contribution in [1.82, 2.24) is 0 Å². The van der Waals surface area contributed by atoms with Gasteiger partial charge >= 0.3 is 0 Å². The van der Waals surface area contributed by atoms with Crippen LogP contribution in [0, 0.1) is 16.9 Å². The van der Waals surface area contributed by atoms with Crippen LogP contribution in [0.1, 0.15) is 40.5 Å². The van der Waals surface area contributed by atoms with Crippen LogP contribution in [-0.2, 0) is 9.16 Å². The summed E-state index contributed by atoms with van der Waals surface area (Å²) >= 11 is 0. The summed E-state index contributed by atoms with van der Waals surface area (Å²) in [4.78, 5) is 0. The van der Waals surface area contributed by atoms with E-state index < -0.39 is 16.4 Å². The van der Waals surface area contributed by atoms with Gasteiger partial charge in [-0.15, -0.1) is 12.1 Å². The Hall–Kier alpha value is -0.606. The zero-order valence-electron chi connectivity index (χ0n) is 18.6. The van der Waals surface area contributed by atoms with Crippen molar-refractivity contribution in [3.05, 3.63) is 24.3 Å². The molecule has 0 amide bonds. The summed E-state index contributed by atoms with van der Waals surface area (Å²) < 4.78 is 12.9. The van der Waals surface area contributed by atoms with Crippen LogP contribution < -0.4 is 0 Å². The number of ether oxygens (including phenoxy) is 1. The van der Waals surface area contributed by atoms with Crippen LogP contribution in [0.4, 0.5) is 0 Å². The van der Waals surface area contributed by atoms with Crippen LogP contribution in [0.2, 0.25) is 37.8 Å². The van der Waals surface area contributed by atoms with E-state index in [0.717, 1.165) is 12.8 Å². The molecule has 2 atom stereocenters. The van der Waals surface area contributed by atoms with Crippen molar-refractivity contribution in [2.45, 2.75) is 84.4 Å². The number of hydrogen-bond donors (Lipinski definition) is 0. The Kier molecular flexibility index (Phi) is 7.75. The first-order valence-corrected chi connectivity index (χ1v) is 16.2. The molecule has 0 heterocycles. The molecule has 0 aliphatic heterocycles. The molecule has 0 radical (unpaired) electrons. The lowest BCUT2D eigenvalue weighted by atomic mass is 9.74. The molecule has 0 unspecified atom stereocenters. The van der Waals surface area contributed by atoms with Gasteiger partial charge < -0.3 is 9.16 Å². The van der Waals surface area contributed by atoms with Gasteiger partial charge in [0.25, 0.3) is 0 Å². The topological polar surface area (TPSA) is 18.5 Å². The van der Waals surface area contributed by atoms with Crippen LogP contribution in [0.5, 0.6) is 0 Å². The van der Waals surface area contributed by atoms with Crippen molar-refractivity contribution in [2.24, 2.45) is 5.41 Å². The summed E-state index contributed by atoms with van der Waals surface area (Å²) in [5, 5.41) is 0.193. The number of rotatable bonds is 6. The van der Waals surface area contributed by atoms with E-state index in [4.69, 9.17) is 9.16 Å². The fourth-order valence-corrected chi connectivity index (χ4v) is 4.28. The summed E-state index contributed by atoms with van der Waals surface area (Å²) in [5.41, 5.74) is 4.75. The zero-order valence-corrected chi connectivity index (χ0v) is 20.6. The molecule has 4 heteroatoms. The summed E-state index contributed by atoms with van der Waals surface area (Å²) in [5.74, 6) is 3.68. The van der Waals surface area contributed by atoms with Gasteiger partial charge in [0.15, 0.2) is 8.32 Å². The van der Waals surface area contributed by atoms with Crippen LogP contribution in [0.3, 0.4) is 0 Å². The van der Waals surface area contributed by atoms with Gasteiger partial charge in [-0.05, 0) is 37.9 Å². The third kappa shape index (κ3) is 6.53. The highest BCUT2D eigenvalue weighted by Gasteiger charge is 2.44. The van der Waals surface area contributed by atoms with Gasteiger partial charge in [-0.3, -0.25) is 0 Å². The second-order valence-corrected chi connectivity index (χ2v) is 19.8. The van der Waals surface area contributed by atoms with Gasteiger partial charge in [-0.25, -0.2) is 0 Å². The summed E-state index contributed by atoms with van der Waals surface area (Å²) in [7, 11) is -3.32. The van der Waals surface area contributed by atoms with Crippen molar-refractivity contribution in [3.8, 4) is 11.5 Å². The molecule has 1 aliphatic rings. The summed E-state index contributed by atoms with van der Waals surface area (Å²) in [6.07, 6.45) is 6.13. The first-order valence-electron chi connectivity index (χ1n) is 9.81. The smallest absolute Gasteiger partial charge is 0.192 e. The van der Waals surface area contributed by atoms with Crippen LogP contribution in [0.15, 0.2) is 24.3 Å². The largest absolute Gasteiger partial charge is 0.415 e. The zero-order chi connectivity index (χ0) is 20.2. The van der Waals surface area contributed by atoms with Crippen molar-refractivity contribution >= 4 is 16.4 Å². The van der Waals surface area contributed by atoms with Gasteiger partial charge in [0, 0.05) is 0 Å². The Morgan fingerprint density at radius 2 is 1.88 bits per heavy atom. The normalized spacial score (nSPS) is 24.5. The van der Waals surface area contributed by atoms with Gasteiger partial charge in [0.1, 0.15) is 8.07 Å². The fraction of sp³-hybridized carbons (Fsp3) is 0.727. The van der Waals surface area contributed by atoms with Crippen molar-refractivity contribution in [2.75, 3.05) is 13.2 Å². The highest BCUT2D eigenvalue weighted by atomic mass is 28.4. The maximum atomic E-state index is 6.66. The number of allylic oxidation sites excluding steroid dienone is 1. The van der Waals surface area contributed by atoms with Gasteiger partial charge in [-0.1, -0.05) is 64.1 Å². The summed E-state index contributed by atoms with van der Waals surface area (Å²) in [6, 6.07) is 0. The minimum Gasteiger partial charge on any atom is -0.415 e. The Morgan fingerprint density at radius 3 is 2.38 bits per heavy atom. The highest BCUT2D eigenvalue weighted by molar-refractivity contribution is 6.83. The monoisotopic (exact) mass is 392 g/mol. The van der Waals surface area contributed by atoms with Crippen LogP contribution in [0.25, 0.3) is 0 Å². The standard InChI is InChI=1S/C22H40O2Si2/c1-11-15-23-20-17-19(2)12-13-22(20,14-16-25(6,7)8)18-24-26(9,10)21(3,4)5/h11,17,20H,1,12-13,15,18H2,2-10H3/t20-,22+/m0/s1. The van der Waals surface area contributed by atoms with Gasteiger partial charge in [0.2, 0.25) is 0 Å². The van der Waals surface area contributed by atoms with Crippen LogP contribution in [-0.4, -0.2) is 35.7 Å². The van der Waals surface area contributed by atoms with Gasteiger partial charge in [-0.2, -0.15) is 0 Å². The van der Waals surface area contributed by atoms with E-state index in [1.54, 1.807) is 0 Å². The maximum absolute atomic E-state index is 6.66. The van der Waals surface area contributed by atoms with Crippen molar-refractivity contribution in [1.29, 1.82) is 0 Å². The maximum Gasteiger partial charge on any atom is 0.192 e. The molecule has 0 saturated heterocycles. The molecule has 0 aromatic heterocycles. The molecule has 0 N–H and O–H groups in total. The molecule has 148 valence electrons. The van der Waals surface area contributed by atoms with E-state index in [1.807, 2.05) is 6.08 Å². The molecule has 2 nitrogen and oxygen atoms in total. The average molecular weight is 393 g/mol. The molecule has 0 spiro atoms. The van der Waals surface area contributed by atoms with Gasteiger partial charge in [0.05, 0.1) is 24.7 Å². The Balaban J connectivity index is 3.25. The van der Waals surface area contributed by atoms with E-state index in [0.29, 0.717) is 13.2 Å². The molecule has 0 aromatic carbocycles. The van der Waals surface area contributed by atoms with E-state index in [2.05, 4.69) is 84.5 Å². The lowest BCUT2D eigenvalue weighted by Crippen LogP contribution is -2.48. The lowest BCUT2D eigenvalue weighted by Gasteiger charge is -2.43. The quantitative estimate of drug-likeness (QED) is 0.305. The average Bonchev–Trinajstić information content (AvgIpc) is 2.49. The Morgan fingerprint density at radius 1 is 1.27 bits per heavy atom. The minimum atomic E-state index is -1.84. The molecule has 0 bridgehead atoms.